The molecule has 0 spiro atoms. The lowest BCUT2D eigenvalue weighted by atomic mass is 9.77. The van der Waals surface area contributed by atoms with Crippen LogP contribution in [-0.4, -0.2) is 16.5 Å². The highest BCUT2D eigenvalue weighted by Crippen LogP contribution is 2.35. The van der Waals surface area contributed by atoms with Gasteiger partial charge in [0.15, 0.2) is 6.29 Å². The average molecular weight is 202 g/mol. The Labute approximate surface area is 88.3 Å². The number of hydrogen-bond donors (Lipinski definition) is 2. The molecule has 0 aromatic rings. The Morgan fingerprint density at radius 3 is 1.86 bits per heavy atom. The van der Waals surface area contributed by atoms with Crippen molar-refractivity contribution >= 4 is 0 Å². The third-order valence-electron chi connectivity index (χ3n) is 3.48. The maximum absolute atomic E-state index is 9.37. The zero-order valence-electron chi connectivity index (χ0n) is 9.92. The Kier molecular flexibility index (Phi) is 7.20. The van der Waals surface area contributed by atoms with Gasteiger partial charge in [0.2, 0.25) is 0 Å². The zero-order valence-corrected chi connectivity index (χ0v) is 9.92. The van der Waals surface area contributed by atoms with E-state index in [9.17, 15) is 10.2 Å². The third kappa shape index (κ3) is 3.97. The monoisotopic (exact) mass is 202 g/mol. The highest BCUT2D eigenvalue weighted by Gasteiger charge is 2.32. The van der Waals surface area contributed by atoms with Gasteiger partial charge in [0, 0.05) is 5.41 Å². The molecule has 2 N–H and O–H groups in total. The van der Waals surface area contributed by atoms with Crippen LogP contribution in [0, 0.1) is 5.41 Å². The summed E-state index contributed by atoms with van der Waals surface area (Å²) in [4.78, 5) is 0. The molecule has 0 saturated carbocycles. The van der Waals surface area contributed by atoms with Crippen molar-refractivity contribution in [2.45, 2.75) is 72.0 Å². The topological polar surface area (TPSA) is 40.5 Å². The first-order valence-electron chi connectivity index (χ1n) is 5.99. The molecule has 0 aliphatic rings. The van der Waals surface area contributed by atoms with Gasteiger partial charge in [0.1, 0.15) is 0 Å². The lowest BCUT2D eigenvalue weighted by Gasteiger charge is -2.33. The minimum atomic E-state index is -1.15. The summed E-state index contributed by atoms with van der Waals surface area (Å²) in [5.41, 5.74) is -0.256. The molecule has 0 aromatic heterocycles. The summed E-state index contributed by atoms with van der Waals surface area (Å²) in [6.45, 7) is 6.28. The summed E-state index contributed by atoms with van der Waals surface area (Å²) in [6, 6.07) is 0. The molecule has 86 valence electrons. The van der Waals surface area contributed by atoms with Crippen molar-refractivity contribution < 1.29 is 10.2 Å². The smallest absolute Gasteiger partial charge is 0.157 e. The predicted octanol–water partition coefficient (Wildman–Crippen LogP) is 3.07. The summed E-state index contributed by atoms with van der Waals surface area (Å²) < 4.78 is 0. The maximum Gasteiger partial charge on any atom is 0.157 e. The van der Waals surface area contributed by atoms with Crippen LogP contribution in [0.2, 0.25) is 0 Å². The van der Waals surface area contributed by atoms with E-state index in [0.717, 1.165) is 25.7 Å². The summed E-state index contributed by atoms with van der Waals surface area (Å²) in [5.74, 6) is 0. The van der Waals surface area contributed by atoms with Gasteiger partial charge in [-0.3, -0.25) is 0 Å². The van der Waals surface area contributed by atoms with E-state index in [1.165, 1.54) is 19.3 Å². The lowest BCUT2D eigenvalue weighted by molar-refractivity contribution is -0.142. The van der Waals surface area contributed by atoms with Crippen molar-refractivity contribution in [1.82, 2.24) is 0 Å². The second kappa shape index (κ2) is 7.24. The first kappa shape index (κ1) is 13.9. The van der Waals surface area contributed by atoms with Gasteiger partial charge in [0.05, 0.1) is 0 Å². The second-order valence-electron chi connectivity index (χ2n) is 4.25. The molecule has 0 amide bonds. The van der Waals surface area contributed by atoms with Crippen LogP contribution < -0.4 is 0 Å². The molecular formula is C12H26O2. The third-order valence-corrected chi connectivity index (χ3v) is 3.48. The molecule has 0 bridgehead atoms. The molecule has 0 saturated heterocycles. The van der Waals surface area contributed by atoms with Gasteiger partial charge in [-0.05, 0) is 19.3 Å². The fourth-order valence-electron chi connectivity index (χ4n) is 2.00. The van der Waals surface area contributed by atoms with Crippen molar-refractivity contribution in [3.8, 4) is 0 Å². The first-order chi connectivity index (χ1) is 6.63. The summed E-state index contributed by atoms with van der Waals surface area (Å²) in [5, 5.41) is 18.7. The highest BCUT2D eigenvalue weighted by atomic mass is 16.5. The van der Waals surface area contributed by atoms with Crippen LogP contribution in [0.4, 0.5) is 0 Å². The fourth-order valence-corrected chi connectivity index (χ4v) is 2.00. The quantitative estimate of drug-likeness (QED) is 0.469. The molecule has 0 aromatic carbocycles. The van der Waals surface area contributed by atoms with Gasteiger partial charge in [-0.1, -0.05) is 46.5 Å². The largest absolute Gasteiger partial charge is 0.368 e. The number of rotatable bonds is 8. The van der Waals surface area contributed by atoms with E-state index in [4.69, 9.17) is 0 Å². The van der Waals surface area contributed by atoms with Crippen LogP contribution in [0.1, 0.15) is 65.7 Å². The molecule has 2 nitrogen and oxygen atoms in total. The Balaban J connectivity index is 3.95. The molecule has 0 aliphatic heterocycles. The van der Waals surface area contributed by atoms with Gasteiger partial charge >= 0.3 is 0 Å². The summed E-state index contributed by atoms with van der Waals surface area (Å²) in [7, 11) is 0. The Bertz CT molecular complexity index is 128. The van der Waals surface area contributed by atoms with E-state index in [2.05, 4.69) is 6.92 Å². The minimum absolute atomic E-state index is 0.256. The van der Waals surface area contributed by atoms with Crippen LogP contribution in [0.5, 0.6) is 0 Å². The molecule has 0 heterocycles. The zero-order chi connectivity index (χ0) is 11.0. The van der Waals surface area contributed by atoms with E-state index >= 15 is 0 Å². The summed E-state index contributed by atoms with van der Waals surface area (Å²) in [6.07, 6.45) is 6.31. The number of aliphatic hydroxyl groups is 2. The normalized spacial score (nSPS) is 12.4. The standard InChI is InChI=1S/C12H26O2/c1-4-7-8-9-10-12(5-2,6-3)11(13)14/h11,13-14H,4-10H2,1-3H3. The molecule has 0 aliphatic carbocycles. The molecule has 0 unspecified atom stereocenters. The van der Waals surface area contributed by atoms with Crippen molar-refractivity contribution in [1.29, 1.82) is 0 Å². The molecular weight excluding hydrogens is 176 g/mol. The Morgan fingerprint density at radius 1 is 0.929 bits per heavy atom. The first-order valence-corrected chi connectivity index (χ1v) is 5.99. The SMILES string of the molecule is CCCCCCC(CC)(CC)C(O)O. The van der Waals surface area contributed by atoms with E-state index in [0.29, 0.717) is 0 Å². The van der Waals surface area contributed by atoms with Gasteiger partial charge in [-0.15, -0.1) is 0 Å². The highest BCUT2D eigenvalue weighted by molar-refractivity contribution is 4.78. The van der Waals surface area contributed by atoms with Crippen LogP contribution in [-0.2, 0) is 0 Å². The van der Waals surface area contributed by atoms with Crippen molar-refractivity contribution in [2.24, 2.45) is 5.41 Å². The minimum Gasteiger partial charge on any atom is -0.368 e. The number of unbranched alkanes of at least 4 members (excludes halogenated alkanes) is 3. The molecule has 0 rings (SSSR count). The predicted molar refractivity (Wildman–Crippen MR) is 60.0 cm³/mol. The van der Waals surface area contributed by atoms with Gasteiger partial charge < -0.3 is 10.2 Å². The van der Waals surface area contributed by atoms with Crippen molar-refractivity contribution in [3.63, 3.8) is 0 Å². The lowest BCUT2D eigenvalue weighted by Crippen LogP contribution is -2.33. The average Bonchev–Trinajstić information content (AvgIpc) is 2.18. The summed E-state index contributed by atoms with van der Waals surface area (Å²) >= 11 is 0. The Hall–Kier alpha value is -0.0800. The molecule has 0 fully saturated rings. The van der Waals surface area contributed by atoms with Gasteiger partial charge in [-0.2, -0.15) is 0 Å². The van der Waals surface area contributed by atoms with E-state index in [-0.39, 0.29) is 5.41 Å². The molecule has 2 heteroatoms. The number of aliphatic hydroxyl groups excluding tert-OH is 1. The van der Waals surface area contributed by atoms with Crippen LogP contribution in [0.15, 0.2) is 0 Å². The van der Waals surface area contributed by atoms with Crippen molar-refractivity contribution in [3.05, 3.63) is 0 Å². The molecule has 0 atom stereocenters. The van der Waals surface area contributed by atoms with E-state index in [1.807, 2.05) is 13.8 Å². The van der Waals surface area contributed by atoms with E-state index in [1.54, 1.807) is 0 Å². The second-order valence-corrected chi connectivity index (χ2v) is 4.25. The molecule has 0 radical (unpaired) electrons. The van der Waals surface area contributed by atoms with Crippen LogP contribution in [0.25, 0.3) is 0 Å². The van der Waals surface area contributed by atoms with Gasteiger partial charge in [-0.25, -0.2) is 0 Å². The van der Waals surface area contributed by atoms with E-state index < -0.39 is 6.29 Å². The fraction of sp³-hybridized carbons (Fsp3) is 1.00. The van der Waals surface area contributed by atoms with Crippen LogP contribution >= 0.6 is 0 Å². The number of hydrogen-bond acceptors (Lipinski definition) is 2. The maximum atomic E-state index is 9.37. The van der Waals surface area contributed by atoms with Gasteiger partial charge in [0.25, 0.3) is 0 Å². The van der Waals surface area contributed by atoms with Crippen LogP contribution in [0.3, 0.4) is 0 Å². The molecule has 14 heavy (non-hydrogen) atoms. The van der Waals surface area contributed by atoms with Crippen molar-refractivity contribution in [2.75, 3.05) is 0 Å². The Morgan fingerprint density at radius 2 is 1.50 bits per heavy atom.